The summed E-state index contributed by atoms with van der Waals surface area (Å²) in [5.74, 6) is -2.31. The Kier molecular flexibility index (Phi) is 6.57. The van der Waals surface area contributed by atoms with Crippen LogP contribution in [0.4, 0.5) is 0 Å². The predicted octanol–water partition coefficient (Wildman–Crippen LogP) is 2.87. The molecule has 0 aromatic heterocycles. The van der Waals surface area contributed by atoms with Gasteiger partial charge in [0.2, 0.25) is 0 Å². The maximum absolute atomic E-state index is 11.8. The van der Waals surface area contributed by atoms with Gasteiger partial charge in [-0.25, -0.2) is 9.68 Å². The van der Waals surface area contributed by atoms with Crippen molar-refractivity contribution in [3.8, 4) is 0 Å². The zero-order valence-corrected chi connectivity index (χ0v) is 14.0. The lowest BCUT2D eigenvalue weighted by atomic mass is 10.2. The molecule has 0 unspecified atom stereocenters. The third-order valence-electron chi connectivity index (χ3n) is 2.90. The number of benzene rings is 2. The highest BCUT2D eigenvalue weighted by atomic mass is 35.5. The molecule has 0 saturated carbocycles. The molecule has 0 aliphatic carbocycles. The van der Waals surface area contributed by atoms with Gasteiger partial charge in [-0.3, -0.25) is 9.59 Å². The minimum atomic E-state index is -1.19. The number of carbonyl (C=O) groups is 2. The van der Waals surface area contributed by atoms with E-state index in [1.165, 1.54) is 0 Å². The van der Waals surface area contributed by atoms with Crippen LogP contribution in [0.2, 0.25) is 10.0 Å². The van der Waals surface area contributed by atoms with Crippen molar-refractivity contribution >= 4 is 35.0 Å². The van der Waals surface area contributed by atoms with Crippen molar-refractivity contribution in [3.63, 3.8) is 0 Å². The summed E-state index contributed by atoms with van der Waals surface area (Å²) in [6.07, 6.45) is 0. The summed E-state index contributed by atoms with van der Waals surface area (Å²) in [4.78, 5) is 33.3. The first-order chi connectivity index (χ1) is 11.5. The van der Waals surface area contributed by atoms with Gasteiger partial charge in [-0.05, 0) is 35.4 Å². The minimum absolute atomic E-state index is 0.00317. The van der Waals surface area contributed by atoms with E-state index in [0.717, 1.165) is 11.1 Å². The number of amides is 2. The number of nitrogens with zero attached hydrogens (tertiary/aromatic N) is 1. The van der Waals surface area contributed by atoms with Crippen LogP contribution in [-0.4, -0.2) is 17.0 Å². The van der Waals surface area contributed by atoms with Crippen LogP contribution in [0.1, 0.15) is 11.1 Å². The number of primary amides is 1. The second-order valence-corrected chi connectivity index (χ2v) is 5.60. The summed E-state index contributed by atoms with van der Waals surface area (Å²) in [5, 5.41) is 1.62. The molecule has 2 aromatic carbocycles. The molecule has 126 valence electrons. The largest absolute Gasteiger partial charge is 0.361 e. The maximum atomic E-state index is 11.8. The van der Waals surface area contributed by atoms with Gasteiger partial charge >= 0.3 is 11.8 Å². The van der Waals surface area contributed by atoms with Gasteiger partial charge in [0.1, 0.15) is 13.2 Å². The number of halogens is 2. The molecule has 24 heavy (non-hydrogen) atoms. The van der Waals surface area contributed by atoms with Crippen molar-refractivity contribution in [1.82, 2.24) is 5.23 Å². The Morgan fingerprint density at radius 3 is 1.54 bits per heavy atom. The highest BCUT2D eigenvalue weighted by Crippen LogP contribution is 2.13. The van der Waals surface area contributed by atoms with Crippen molar-refractivity contribution in [2.75, 3.05) is 0 Å². The Hall–Kier alpha value is -2.12. The molecule has 0 heterocycles. The Morgan fingerprint density at radius 1 is 0.833 bits per heavy atom. The molecule has 0 spiro atoms. The van der Waals surface area contributed by atoms with Gasteiger partial charge in [-0.1, -0.05) is 52.7 Å². The van der Waals surface area contributed by atoms with Crippen molar-refractivity contribution in [1.29, 1.82) is 0 Å². The highest BCUT2D eigenvalue weighted by Gasteiger charge is 2.22. The van der Waals surface area contributed by atoms with Crippen LogP contribution >= 0.6 is 23.2 Å². The lowest BCUT2D eigenvalue weighted by Gasteiger charge is -2.19. The molecule has 0 atom stereocenters. The molecule has 2 aromatic rings. The smallest absolute Gasteiger partial charge is 0.361 e. The zero-order chi connectivity index (χ0) is 17.5. The fourth-order valence-electron chi connectivity index (χ4n) is 1.67. The summed E-state index contributed by atoms with van der Waals surface area (Å²) >= 11 is 11.6. The van der Waals surface area contributed by atoms with Gasteiger partial charge in [-0.2, -0.15) is 0 Å². The summed E-state index contributed by atoms with van der Waals surface area (Å²) in [5.41, 5.74) is 6.46. The normalized spacial score (nSPS) is 10.4. The summed E-state index contributed by atoms with van der Waals surface area (Å²) in [6.45, 7) is -0.00634. The molecule has 0 bridgehead atoms. The Labute approximate surface area is 148 Å². The van der Waals surface area contributed by atoms with E-state index in [1.54, 1.807) is 48.5 Å². The molecule has 8 heteroatoms. The topological polar surface area (TPSA) is 81.9 Å². The van der Waals surface area contributed by atoms with Gasteiger partial charge in [0.25, 0.3) is 0 Å². The average molecular weight is 369 g/mol. The van der Waals surface area contributed by atoms with E-state index in [-0.39, 0.29) is 13.2 Å². The van der Waals surface area contributed by atoms with Crippen LogP contribution in [0.3, 0.4) is 0 Å². The van der Waals surface area contributed by atoms with E-state index in [1.807, 2.05) is 0 Å². The molecule has 0 fully saturated rings. The van der Waals surface area contributed by atoms with Crippen LogP contribution < -0.4 is 5.73 Å². The molecule has 0 radical (unpaired) electrons. The Morgan fingerprint density at radius 2 is 1.21 bits per heavy atom. The summed E-state index contributed by atoms with van der Waals surface area (Å²) < 4.78 is 0. The SMILES string of the molecule is NC(=O)C(=O)N(OCc1ccc(Cl)cc1)OCc1ccc(Cl)cc1. The zero-order valence-electron chi connectivity index (χ0n) is 12.4. The first-order valence-electron chi connectivity index (χ1n) is 6.84. The third-order valence-corrected chi connectivity index (χ3v) is 3.40. The number of rotatable bonds is 6. The Balaban J connectivity index is 1.98. The molecule has 0 aliphatic heterocycles. The summed E-state index contributed by atoms with van der Waals surface area (Å²) in [6, 6.07) is 13.6. The lowest BCUT2D eigenvalue weighted by molar-refractivity contribution is -0.350. The van der Waals surface area contributed by atoms with E-state index >= 15 is 0 Å². The summed E-state index contributed by atoms with van der Waals surface area (Å²) in [7, 11) is 0. The van der Waals surface area contributed by atoms with Crippen LogP contribution in [0.15, 0.2) is 48.5 Å². The van der Waals surface area contributed by atoms with E-state index in [4.69, 9.17) is 38.6 Å². The van der Waals surface area contributed by atoms with Crippen LogP contribution in [-0.2, 0) is 32.5 Å². The van der Waals surface area contributed by atoms with Crippen molar-refractivity contribution in [3.05, 3.63) is 69.7 Å². The lowest BCUT2D eigenvalue weighted by Crippen LogP contribution is -2.40. The number of carbonyl (C=O) groups excluding carboxylic acids is 2. The molecular formula is C16H14Cl2N2O4. The first kappa shape index (κ1) is 18.2. The van der Waals surface area contributed by atoms with Crippen LogP contribution in [0, 0.1) is 0 Å². The van der Waals surface area contributed by atoms with Crippen molar-refractivity contribution in [2.24, 2.45) is 5.73 Å². The van der Waals surface area contributed by atoms with Gasteiger partial charge in [0, 0.05) is 10.0 Å². The molecule has 0 aliphatic rings. The van der Waals surface area contributed by atoms with E-state index in [2.05, 4.69) is 0 Å². The molecule has 2 N–H and O–H groups in total. The first-order valence-corrected chi connectivity index (χ1v) is 7.60. The highest BCUT2D eigenvalue weighted by molar-refractivity contribution is 6.33. The van der Waals surface area contributed by atoms with E-state index < -0.39 is 11.8 Å². The monoisotopic (exact) mass is 368 g/mol. The van der Waals surface area contributed by atoms with Gasteiger partial charge < -0.3 is 5.73 Å². The fourth-order valence-corrected chi connectivity index (χ4v) is 1.92. The van der Waals surface area contributed by atoms with Crippen LogP contribution in [0.25, 0.3) is 0 Å². The second-order valence-electron chi connectivity index (χ2n) is 4.73. The number of nitrogens with two attached hydrogens (primary N) is 1. The molecule has 2 amide bonds. The van der Waals surface area contributed by atoms with Crippen molar-refractivity contribution in [2.45, 2.75) is 13.2 Å². The molecule has 0 saturated heterocycles. The molecule has 2 rings (SSSR count). The van der Waals surface area contributed by atoms with Crippen LogP contribution in [0.5, 0.6) is 0 Å². The third kappa shape index (κ3) is 5.50. The van der Waals surface area contributed by atoms with Crippen molar-refractivity contribution < 1.29 is 19.3 Å². The standard InChI is InChI=1S/C16H14Cl2N2O4/c17-13-5-1-11(2-6-13)9-23-20(16(22)15(19)21)24-10-12-3-7-14(18)8-4-12/h1-8H,9-10H2,(H2,19,21). The number of hydrogen-bond acceptors (Lipinski definition) is 4. The van der Waals surface area contributed by atoms with E-state index in [0.29, 0.717) is 15.3 Å². The quantitative estimate of drug-likeness (QED) is 0.627. The number of hydrogen-bond donors (Lipinski definition) is 1. The second kappa shape index (κ2) is 8.65. The molecule has 6 nitrogen and oxygen atoms in total. The molecular weight excluding hydrogens is 355 g/mol. The minimum Gasteiger partial charge on any atom is -0.361 e. The Bertz CT molecular complexity index is 656. The predicted molar refractivity (Wildman–Crippen MR) is 88.5 cm³/mol. The van der Waals surface area contributed by atoms with E-state index in [9.17, 15) is 9.59 Å². The average Bonchev–Trinajstić information content (AvgIpc) is 2.57. The number of hydroxylamine groups is 2. The van der Waals surface area contributed by atoms with Gasteiger partial charge in [0.15, 0.2) is 0 Å². The fraction of sp³-hybridized carbons (Fsp3) is 0.125. The van der Waals surface area contributed by atoms with Gasteiger partial charge in [0.05, 0.1) is 0 Å². The maximum Gasteiger partial charge on any atom is 0.361 e. The van der Waals surface area contributed by atoms with Gasteiger partial charge in [-0.15, -0.1) is 0 Å².